The van der Waals surface area contributed by atoms with Crippen LogP contribution in [0.2, 0.25) is 0 Å². The standard InChI is InChI=1S/C18H26N2O3S/c1-22-15-10-13(11-16(12-15)23-2)17-20(8-9-24-17)18(21)19-14-6-4-3-5-7-14/h10-12,14,17H,3-9H2,1-2H3,(H,19,21)/t17-/m0/s1. The van der Waals surface area contributed by atoms with Crippen LogP contribution in [-0.2, 0) is 0 Å². The van der Waals surface area contributed by atoms with Crippen LogP contribution in [0, 0.1) is 0 Å². The summed E-state index contributed by atoms with van der Waals surface area (Å²) in [6.45, 7) is 0.771. The van der Waals surface area contributed by atoms with Crippen molar-refractivity contribution in [2.45, 2.75) is 43.5 Å². The van der Waals surface area contributed by atoms with E-state index >= 15 is 0 Å². The number of nitrogens with zero attached hydrogens (tertiary/aromatic N) is 1. The zero-order valence-electron chi connectivity index (χ0n) is 14.4. The molecule has 1 heterocycles. The molecule has 6 heteroatoms. The van der Waals surface area contributed by atoms with Crippen LogP contribution < -0.4 is 14.8 Å². The Morgan fingerprint density at radius 3 is 2.42 bits per heavy atom. The van der Waals surface area contributed by atoms with Gasteiger partial charge in [0.1, 0.15) is 16.9 Å². The molecule has 1 saturated carbocycles. The molecule has 1 saturated heterocycles. The van der Waals surface area contributed by atoms with Crippen molar-refractivity contribution in [3.63, 3.8) is 0 Å². The lowest BCUT2D eigenvalue weighted by atomic mass is 9.96. The first-order chi connectivity index (χ1) is 11.7. The van der Waals surface area contributed by atoms with Crippen molar-refractivity contribution in [1.82, 2.24) is 10.2 Å². The molecule has 0 aromatic heterocycles. The molecule has 2 aliphatic rings. The fraction of sp³-hybridized carbons (Fsp3) is 0.611. The average molecular weight is 350 g/mol. The van der Waals surface area contributed by atoms with Crippen LogP contribution in [0.4, 0.5) is 4.79 Å². The maximum Gasteiger partial charge on any atom is 0.318 e. The third-order valence-corrected chi connectivity index (χ3v) is 6.00. The monoisotopic (exact) mass is 350 g/mol. The molecule has 1 aromatic rings. The number of hydrogen-bond donors (Lipinski definition) is 1. The van der Waals surface area contributed by atoms with E-state index in [1.165, 1.54) is 19.3 Å². The second-order valence-electron chi connectivity index (χ2n) is 6.35. The quantitative estimate of drug-likeness (QED) is 0.897. The number of amides is 2. The summed E-state index contributed by atoms with van der Waals surface area (Å²) in [5.41, 5.74) is 1.05. The average Bonchev–Trinajstić information content (AvgIpc) is 3.12. The highest BCUT2D eigenvalue weighted by molar-refractivity contribution is 7.99. The predicted molar refractivity (Wildman–Crippen MR) is 96.9 cm³/mol. The maximum atomic E-state index is 12.7. The fourth-order valence-corrected chi connectivity index (χ4v) is 4.67. The van der Waals surface area contributed by atoms with Crippen LogP contribution in [0.5, 0.6) is 11.5 Å². The lowest BCUT2D eigenvalue weighted by Gasteiger charge is -2.29. The largest absolute Gasteiger partial charge is 0.497 e. The number of hydrogen-bond acceptors (Lipinski definition) is 4. The van der Waals surface area contributed by atoms with E-state index in [0.29, 0.717) is 6.04 Å². The van der Waals surface area contributed by atoms with Gasteiger partial charge in [0.2, 0.25) is 0 Å². The SMILES string of the molecule is COc1cc(OC)cc([C@@H]2SCCN2C(=O)NC2CCCCC2)c1. The Bertz CT molecular complexity index is 553. The number of urea groups is 1. The van der Waals surface area contributed by atoms with Gasteiger partial charge >= 0.3 is 6.03 Å². The molecule has 5 nitrogen and oxygen atoms in total. The summed E-state index contributed by atoms with van der Waals surface area (Å²) < 4.78 is 10.7. The summed E-state index contributed by atoms with van der Waals surface area (Å²) >= 11 is 1.79. The number of carbonyl (C=O) groups is 1. The molecule has 24 heavy (non-hydrogen) atoms. The highest BCUT2D eigenvalue weighted by Crippen LogP contribution is 2.40. The van der Waals surface area contributed by atoms with E-state index in [9.17, 15) is 4.79 Å². The molecule has 1 N–H and O–H groups in total. The van der Waals surface area contributed by atoms with Gasteiger partial charge in [0.05, 0.1) is 14.2 Å². The predicted octanol–water partition coefficient (Wildman–Crippen LogP) is 3.79. The van der Waals surface area contributed by atoms with Crippen LogP contribution in [0.25, 0.3) is 0 Å². The highest BCUT2D eigenvalue weighted by atomic mass is 32.2. The van der Waals surface area contributed by atoms with Crippen molar-refractivity contribution < 1.29 is 14.3 Å². The Hall–Kier alpha value is -1.56. The molecule has 3 rings (SSSR count). The summed E-state index contributed by atoms with van der Waals surface area (Å²) in [6, 6.07) is 6.23. The van der Waals surface area contributed by atoms with E-state index in [0.717, 1.165) is 42.2 Å². The molecule has 2 fully saturated rings. The summed E-state index contributed by atoms with van der Waals surface area (Å²) in [5.74, 6) is 2.46. The number of carbonyl (C=O) groups excluding carboxylic acids is 1. The molecule has 2 amide bonds. The fourth-order valence-electron chi connectivity index (χ4n) is 3.43. The normalized spacial score (nSPS) is 21.6. The van der Waals surface area contributed by atoms with E-state index in [-0.39, 0.29) is 11.4 Å². The number of rotatable bonds is 4. The van der Waals surface area contributed by atoms with E-state index in [1.807, 2.05) is 23.1 Å². The van der Waals surface area contributed by atoms with Crippen molar-refractivity contribution in [2.24, 2.45) is 0 Å². The number of ether oxygens (including phenoxy) is 2. The number of methoxy groups -OCH3 is 2. The van der Waals surface area contributed by atoms with Crippen molar-refractivity contribution in [3.8, 4) is 11.5 Å². The minimum absolute atomic E-state index is 0.0117. The van der Waals surface area contributed by atoms with Gasteiger partial charge in [-0.3, -0.25) is 0 Å². The molecule has 1 aromatic carbocycles. The van der Waals surface area contributed by atoms with Crippen molar-refractivity contribution in [2.75, 3.05) is 26.5 Å². The van der Waals surface area contributed by atoms with Gasteiger partial charge in [0, 0.05) is 24.4 Å². The zero-order chi connectivity index (χ0) is 16.9. The minimum Gasteiger partial charge on any atom is -0.497 e. The number of nitrogens with one attached hydrogen (secondary N) is 1. The number of thioether (sulfide) groups is 1. The molecular weight excluding hydrogens is 324 g/mol. The van der Waals surface area contributed by atoms with E-state index < -0.39 is 0 Å². The second kappa shape index (κ2) is 8.01. The van der Waals surface area contributed by atoms with Crippen molar-refractivity contribution in [1.29, 1.82) is 0 Å². The van der Waals surface area contributed by atoms with Crippen LogP contribution in [0.3, 0.4) is 0 Å². The van der Waals surface area contributed by atoms with Crippen molar-refractivity contribution >= 4 is 17.8 Å². The Kier molecular flexibility index (Phi) is 5.76. The Labute approximate surface area is 148 Å². The van der Waals surface area contributed by atoms with Gasteiger partial charge in [-0.1, -0.05) is 19.3 Å². The van der Waals surface area contributed by atoms with Gasteiger partial charge in [-0.05, 0) is 30.5 Å². The molecule has 1 aliphatic carbocycles. The molecule has 0 radical (unpaired) electrons. The Morgan fingerprint density at radius 1 is 1.12 bits per heavy atom. The number of benzene rings is 1. The van der Waals surface area contributed by atoms with Gasteiger partial charge in [-0.25, -0.2) is 4.79 Å². The second-order valence-corrected chi connectivity index (χ2v) is 7.54. The van der Waals surface area contributed by atoms with Gasteiger partial charge < -0.3 is 19.7 Å². The van der Waals surface area contributed by atoms with Crippen LogP contribution in [0.15, 0.2) is 18.2 Å². The first kappa shape index (κ1) is 17.3. The van der Waals surface area contributed by atoms with E-state index in [1.54, 1.807) is 26.0 Å². The molecule has 0 bridgehead atoms. The Morgan fingerprint density at radius 2 is 1.79 bits per heavy atom. The topological polar surface area (TPSA) is 50.8 Å². The van der Waals surface area contributed by atoms with Crippen LogP contribution >= 0.6 is 11.8 Å². The lowest BCUT2D eigenvalue weighted by molar-refractivity contribution is 0.192. The molecular formula is C18H26N2O3S. The molecule has 1 atom stereocenters. The summed E-state index contributed by atoms with van der Waals surface area (Å²) in [4.78, 5) is 14.7. The van der Waals surface area contributed by atoms with Gasteiger partial charge in [0.25, 0.3) is 0 Å². The first-order valence-corrected chi connectivity index (χ1v) is 9.68. The van der Waals surface area contributed by atoms with Gasteiger partial charge in [-0.15, -0.1) is 11.8 Å². The molecule has 0 spiro atoms. The highest BCUT2D eigenvalue weighted by Gasteiger charge is 2.32. The molecule has 132 valence electrons. The van der Waals surface area contributed by atoms with Gasteiger partial charge in [-0.2, -0.15) is 0 Å². The Balaban J connectivity index is 1.73. The smallest absolute Gasteiger partial charge is 0.318 e. The van der Waals surface area contributed by atoms with Gasteiger partial charge in [0.15, 0.2) is 0 Å². The minimum atomic E-state index is 0.0117. The molecule has 0 unspecified atom stereocenters. The molecule has 1 aliphatic heterocycles. The maximum absolute atomic E-state index is 12.7. The van der Waals surface area contributed by atoms with Crippen LogP contribution in [0.1, 0.15) is 43.0 Å². The van der Waals surface area contributed by atoms with Crippen LogP contribution in [-0.4, -0.2) is 43.5 Å². The summed E-state index contributed by atoms with van der Waals surface area (Å²) in [5, 5.41) is 3.24. The first-order valence-electron chi connectivity index (χ1n) is 8.63. The van der Waals surface area contributed by atoms with E-state index in [2.05, 4.69) is 5.32 Å². The summed E-state index contributed by atoms with van der Waals surface area (Å²) in [7, 11) is 3.29. The van der Waals surface area contributed by atoms with E-state index in [4.69, 9.17) is 9.47 Å². The third kappa shape index (κ3) is 3.91. The summed E-state index contributed by atoms with van der Waals surface area (Å²) in [6.07, 6.45) is 5.93. The van der Waals surface area contributed by atoms with Crippen molar-refractivity contribution in [3.05, 3.63) is 23.8 Å². The lowest BCUT2D eigenvalue weighted by Crippen LogP contribution is -2.45. The third-order valence-electron chi connectivity index (χ3n) is 4.74. The zero-order valence-corrected chi connectivity index (χ0v) is 15.2.